The maximum absolute atomic E-state index is 13.2. The van der Waals surface area contributed by atoms with Crippen LogP contribution in [0.4, 0.5) is 22.0 Å². The number of halogens is 5. The number of carbonyl (C=O) groups excluding carboxylic acids is 1. The highest BCUT2D eigenvalue weighted by Gasteiger charge is 2.63. The highest BCUT2D eigenvalue weighted by Crippen LogP contribution is 2.38. The fraction of sp³-hybridized carbons (Fsp3) is 0.588. The molecule has 23 heavy (non-hydrogen) atoms. The molecule has 0 aromatic heterocycles. The molecule has 1 aromatic rings. The van der Waals surface area contributed by atoms with E-state index in [9.17, 15) is 26.7 Å². The second-order valence-corrected chi connectivity index (χ2v) is 6.58. The number of rotatable bonds is 6. The van der Waals surface area contributed by atoms with Gasteiger partial charge in [-0.1, -0.05) is 39.8 Å². The highest BCUT2D eigenvalue weighted by atomic mass is 19.4. The van der Waals surface area contributed by atoms with Gasteiger partial charge in [0.2, 0.25) is 5.78 Å². The smallest absolute Gasteiger partial charge is 0.287 e. The lowest BCUT2D eigenvalue weighted by Gasteiger charge is -2.20. The number of hydrogen-bond acceptors (Lipinski definition) is 1. The van der Waals surface area contributed by atoms with Crippen LogP contribution in [0.2, 0.25) is 0 Å². The molecule has 0 saturated heterocycles. The number of carbonyl (C=O) groups is 1. The van der Waals surface area contributed by atoms with Crippen molar-refractivity contribution in [2.75, 3.05) is 0 Å². The molecule has 0 unspecified atom stereocenters. The third-order valence-electron chi connectivity index (χ3n) is 3.37. The van der Waals surface area contributed by atoms with E-state index in [1.54, 1.807) is 0 Å². The Balaban J connectivity index is 3.26. The fourth-order valence-corrected chi connectivity index (χ4v) is 2.35. The van der Waals surface area contributed by atoms with Crippen LogP contribution < -0.4 is 0 Å². The zero-order valence-corrected chi connectivity index (χ0v) is 13.6. The monoisotopic (exact) mass is 336 g/mol. The van der Waals surface area contributed by atoms with Crippen LogP contribution in [0.5, 0.6) is 0 Å². The van der Waals surface area contributed by atoms with E-state index >= 15 is 0 Å². The van der Waals surface area contributed by atoms with Gasteiger partial charge >= 0.3 is 12.1 Å². The number of alkyl halides is 5. The van der Waals surface area contributed by atoms with Crippen molar-refractivity contribution < 1.29 is 26.7 Å². The summed E-state index contributed by atoms with van der Waals surface area (Å²) in [6.07, 6.45) is -4.70. The summed E-state index contributed by atoms with van der Waals surface area (Å²) >= 11 is 0. The fourth-order valence-electron chi connectivity index (χ4n) is 2.35. The predicted octanol–water partition coefficient (Wildman–Crippen LogP) is 5.46. The molecule has 0 bridgehead atoms. The molecular weight excluding hydrogens is 315 g/mol. The SMILES string of the molecule is CC(C)Cc1ccc(C(=O)C(F)(F)C(F)(F)F)cc1CC(C)C. The minimum atomic E-state index is -5.89. The van der Waals surface area contributed by atoms with Gasteiger partial charge in [0, 0.05) is 5.56 Å². The van der Waals surface area contributed by atoms with Crippen LogP contribution in [0.25, 0.3) is 0 Å². The van der Waals surface area contributed by atoms with Crippen LogP contribution in [0.1, 0.15) is 49.2 Å². The van der Waals surface area contributed by atoms with Gasteiger partial charge in [-0.2, -0.15) is 22.0 Å². The van der Waals surface area contributed by atoms with Crippen LogP contribution >= 0.6 is 0 Å². The lowest BCUT2D eigenvalue weighted by atomic mass is 9.90. The molecule has 1 nitrogen and oxygen atoms in total. The molecule has 0 heterocycles. The summed E-state index contributed by atoms with van der Waals surface area (Å²) in [5.74, 6) is -7.08. The molecule has 0 amide bonds. The van der Waals surface area contributed by atoms with Crippen molar-refractivity contribution in [1.29, 1.82) is 0 Å². The Bertz CT molecular complexity index is 559. The van der Waals surface area contributed by atoms with Gasteiger partial charge in [0.25, 0.3) is 0 Å². The predicted molar refractivity (Wildman–Crippen MR) is 78.9 cm³/mol. The van der Waals surface area contributed by atoms with Gasteiger partial charge in [0.05, 0.1) is 0 Å². The van der Waals surface area contributed by atoms with Gasteiger partial charge in [-0.25, -0.2) is 0 Å². The van der Waals surface area contributed by atoms with Gasteiger partial charge in [-0.05, 0) is 41.9 Å². The summed E-state index contributed by atoms with van der Waals surface area (Å²) in [5.41, 5.74) is 0.925. The van der Waals surface area contributed by atoms with Crippen molar-refractivity contribution in [3.05, 3.63) is 34.9 Å². The molecule has 0 saturated carbocycles. The maximum atomic E-state index is 13.2. The van der Waals surface area contributed by atoms with Crippen LogP contribution in [0.15, 0.2) is 18.2 Å². The molecule has 0 N–H and O–H groups in total. The van der Waals surface area contributed by atoms with E-state index < -0.39 is 23.4 Å². The van der Waals surface area contributed by atoms with Crippen molar-refractivity contribution >= 4 is 5.78 Å². The molecule has 0 spiro atoms. The first kappa shape index (κ1) is 19.6. The third kappa shape index (κ3) is 4.75. The van der Waals surface area contributed by atoms with Crippen molar-refractivity contribution in [2.45, 2.75) is 52.6 Å². The summed E-state index contributed by atoms with van der Waals surface area (Å²) in [4.78, 5) is 11.6. The van der Waals surface area contributed by atoms with Gasteiger partial charge in [0.15, 0.2) is 0 Å². The summed E-state index contributed by atoms with van der Waals surface area (Å²) in [6.45, 7) is 7.79. The largest absolute Gasteiger partial charge is 0.461 e. The van der Waals surface area contributed by atoms with Crippen LogP contribution in [0, 0.1) is 11.8 Å². The van der Waals surface area contributed by atoms with Crippen molar-refractivity contribution in [3.8, 4) is 0 Å². The van der Waals surface area contributed by atoms with Crippen LogP contribution in [-0.4, -0.2) is 17.9 Å². The van der Waals surface area contributed by atoms with Crippen molar-refractivity contribution in [1.82, 2.24) is 0 Å². The Morgan fingerprint density at radius 3 is 1.83 bits per heavy atom. The standard InChI is InChI=1S/C17H21F5O/c1-10(2)7-12-5-6-13(9-14(12)8-11(3)4)15(23)16(18,19)17(20,21)22/h5-6,9-11H,7-8H2,1-4H3. The second-order valence-electron chi connectivity index (χ2n) is 6.58. The van der Waals surface area contributed by atoms with Crippen molar-refractivity contribution in [2.24, 2.45) is 11.8 Å². The zero-order chi connectivity index (χ0) is 18.0. The summed E-state index contributed by atoms with van der Waals surface area (Å²) < 4.78 is 63.6. The first-order valence-corrected chi connectivity index (χ1v) is 7.47. The Morgan fingerprint density at radius 1 is 0.913 bits per heavy atom. The minimum absolute atomic E-state index is 0.189. The Hall–Kier alpha value is -1.46. The zero-order valence-electron chi connectivity index (χ0n) is 13.6. The van der Waals surface area contributed by atoms with E-state index in [1.165, 1.54) is 12.1 Å². The first-order chi connectivity index (χ1) is 10.4. The average molecular weight is 336 g/mol. The number of Topliss-reactive ketones (excluding diaryl/α,β-unsaturated/α-hetero) is 1. The first-order valence-electron chi connectivity index (χ1n) is 7.47. The maximum Gasteiger partial charge on any atom is 0.461 e. The van der Waals surface area contributed by atoms with Crippen LogP contribution in [0.3, 0.4) is 0 Å². The van der Waals surface area contributed by atoms with E-state index in [2.05, 4.69) is 0 Å². The molecule has 6 heteroatoms. The lowest BCUT2D eigenvalue weighted by molar-refractivity contribution is -0.255. The summed E-state index contributed by atoms with van der Waals surface area (Å²) in [5, 5.41) is 0. The normalized spacial score (nSPS) is 13.0. The van der Waals surface area contributed by atoms with Gasteiger partial charge < -0.3 is 0 Å². The van der Waals surface area contributed by atoms with Gasteiger partial charge in [-0.3, -0.25) is 4.79 Å². The molecule has 0 atom stereocenters. The van der Waals surface area contributed by atoms with Crippen molar-refractivity contribution in [3.63, 3.8) is 0 Å². The molecule has 1 aromatic carbocycles. The molecule has 0 radical (unpaired) electrons. The molecule has 1 rings (SSSR count). The van der Waals surface area contributed by atoms with E-state index in [-0.39, 0.29) is 5.92 Å². The number of hydrogen-bond donors (Lipinski definition) is 0. The molecule has 130 valence electrons. The van der Waals surface area contributed by atoms with E-state index in [4.69, 9.17) is 0 Å². The Labute approximate surface area is 132 Å². The van der Waals surface area contributed by atoms with E-state index in [0.29, 0.717) is 24.3 Å². The molecular formula is C17H21F5O. The quantitative estimate of drug-likeness (QED) is 0.498. The summed E-state index contributed by atoms with van der Waals surface area (Å²) in [6, 6.07) is 3.72. The van der Waals surface area contributed by atoms with E-state index in [1.807, 2.05) is 27.7 Å². The molecule has 0 aliphatic rings. The second kappa shape index (κ2) is 6.97. The highest BCUT2D eigenvalue weighted by molar-refractivity contribution is 6.02. The van der Waals surface area contributed by atoms with Gasteiger partial charge in [0.1, 0.15) is 0 Å². The number of ketones is 1. The number of benzene rings is 1. The van der Waals surface area contributed by atoms with Gasteiger partial charge in [-0.15, -0.1) is 0 Å². The minimum Gasteiger partial charge on any atom is -0.287 e. The Kier molecular flexibility index (Phi) is 5.94. The third-order valence-corrected chi connectivity index (χ3v) is 3.37. The van der Waals surface area contributed by atoms with E-state index in [0.717, 1.165) is 11.6 Å². The molecule has 0 aliphatic heterocycles. The topological polar surface area (TPSA) is 17.1 Å². The molecule has 0 fully saturated rings. The molecule has 0 aliphatic carbocycles. The average Bonchev–Trinajstić information content (AvgIpc) is 2.37. The Morgan fingerprint density at radius 2 is 1.39 bits per heavy atom. The summed E-state index contributed by atoms with van der Waals surface area (Å²) in [7, 11) is 0. The lowest BCUT2D eigenvalue weighted by Crippen LogP contribution is -2.44. The van der Waals surface area contributed by atoms with Crippen LogP contribution in [-0.2, 0) is 12.8 Å².